The van der Waals surface area contributed by atoms with Gasteiger partial charge in [-0.05, 0) is 69.8 Å². The van der Waals surface area contributed by atoms with E-state index in [2.05, 4.69) is 18.2 Å². The van der Waals surface area contributed by atoms with Crippen molar-refractivity contribution in [1.82, 2.24) is 0 Å². The zero-order valence-electron chi connectivity index (χ0n) is 20.1. The third kappa shape index (κ3) is 2.86. The number of hydrogen-bond acceptors (Lipinski definition) is 3. The second-order valence-corrected chi connectivity index (χ2v) is 9.68. The summed E-state index contributed by atoms with van der Waals surface area (Å²) in [6, 6.07) is 37.3. The Bertz CT molecular complexity index is 2110. The van der Waals surface area contributed by atoms with Gasteiger partial charge in [-0.2, -0.15) is 0 Å². The highest BCUT2D eigenvalue weighted by atomic mass is 16.3. The molecule has 0 aliphatic carbocycles. The van der Waals surface area contributed by atoms with Gasteiger partial charge in [-0.3, -0.25) is 9.59 Å². The summed E-state index contributed by atoms with van der Waals surface area (Å²) in [5.41, 5.74) is 5.19. The van der Waals surface area contributed by atoms with Crippen molar-refractivity contribution < 1.29 is 14.0 Å². The molecule has 0 bridgehead atoms. The Hall–Kier alpha value is -5.22. The normalized spacial score (nSPS) is 13.3. The van der Waals surface area contributed by atoms with Crippen LogP contribution in [0.1, 0.15) is 20.7 Å². The third-order valence-electron chi connectivity index (χ3n) is 7.59. The molecule has 6 aromatic carbocycles. The molecule has 1 aromatic heterocycles. The van der Waals surface area contributed by atoms with Crippen LogP contribution in [0.4, 0.5) is 5.69 Å². The van der Waals surface area contributed by atoms with Crippen LogP contribution in [0.15, 0.2) is 120 Å². The predicted octanol–water partition coefficient (Wildman–Crippen LogP) is 8.36. The number of amides is 2. The smallest absolute Gasteiger partial charge is 0.265 e. The molecule has 0 spiro atoms. The quantitative estimate of drug-likeness (QED) is 0.229. The Kier molecular flexibility index (Phi) is 4.21. The standard InChI is InChI=1S/C34H19NO3/c36-33-28-10-5-9-27-24(22-13-15-26-25-8-3-4-11-30(25)38-31(26)19-22)16-17-29(32(27)28)34(37)35(33)23-14-12-20-6-1-2-7-21(20)18-23/h1-19H. The molecule has 0 fully saturated rings. The monoisotopic (exact) mass is 489 g/mol. The number of imide groups is 1. The van der Waals surface area contributed by atoms with Crippen molar-refractivity contribution in [3.8, 4) is 11.1 Å². The van der Waals surface area contributed by atoms with Crippen molar-refractivity contribution in [3.05, 3.63) is 126 Å². The Morgan fingerprint density at radius 1 is 0.500 bits per heavy atom. The summed E-state index contributed by atoms with van der Waals surface area (Å²) in [5, 5.41) is 5.74. The molecule has 1 aliphatic heterocycles. The van der Waals surface area contributed by atoms with Crippen LogP contribution in [0.5, 0.6) is 0 Å². The van der Waals surface area contributed by atoms with Gasteiger partial charge in [0.25, 0.3) is 11.8 Å². The van der Waals surface area contributed by atoms with Crippen molar-refractivity contribution in [2.75, 3.05) is 4.90 Å². The summed E-state index contributed by atoms with van der Waals surface area (Å²) in [5.74, 6) is -0.624. The molecular weight excluding hydrogens is 470 g/mol. The molecule has 0 saturated heterocycles. The second-order valence-electron chi connectivity index (χ2n) is 9.68. The molecule has 7 aromatic rings. The first kappa shape index (κ1) is 20.9. The minimum Gasteiger partial charge on any atom is -0.456 e. The van der Waals surface area contributed by atoms with Crippen LogP contribution < -0.4 is 4.90 Å². The number of para-hydroxylation sites is 1. The largest absolute Gasteiger partial charge is 0.456 e. The van der Waals surface area contributed by atoms with Gasteiger partial charge in [0.2, 0.25) is 0 Å². The molecule has 4 nitrogen and oxygen atoms in total. The molecule has 2 amide bonds. The molecule has 0 atom stereocenters. The van der Waals surface area contributed by atoms with Gasteiger partial charge in [-0.1, -0.05) is 72.8 Å². The molecule has 2 heterocycles. The Morgan fingerprint density at radius 2 is 1.21 bits per heavy atom. The van der Waals surface area contributed by atoms with E-state index < -0.39 is 0 Å². The van der Waals surface area contributed by atoms with Crippen LogP contribution in [-0.2, 0) is 0 Å². The molecule has 0 saturated carbocycles. The minimum atomic E-state index is -0.312. The van der Waals surface area contributed by atoms with E-state index in [9.17, 15) is 9.59 Å². The molecule has 0 unspecified atom stereocenters. The molecule has 4 heteroatoms. The maximum atomic E-state index is 13.8. The number of fused-ring (bicyclic) bond motifs is 4. The van der Waals surface area contributed by atoms with E-state index in [4.69, 9.17) is 4.42 Å². The lowest BCUT2D eigenvalue weighted by atomic mass is 9.88. The predicted molar refractivity (Wildman–Crippen MR) is 152 cm³/mol. The van der Waals surface area contributed by atoms with Crippen molar-refractivity contribution >= 4 is 61.0 Å². The van der Waals surface area contributed by atoms with Crippen molar-refractivity contribution in [1.29, 1.82) is 0 Å². The van der Waals surface area contributed by atoms with Gasteiger partial charge >= 0.3 is 0 Å². The van der Waals surface area contributed by atoms with E-state index in [0.29, 0.717) is 22.2 Å². The Morgan fingerprint density at radius 3 is 2.11 bits per heavy atom. The first-order valence-electron chi connectivity index (χ1n) is 12.5. The molecular formula is C34H19NO3. The summed E-state index contributed by atoms with van der Waals surface area (Å²) < 4.78 is 6.12. The fourth-order valence-electron chi connectivity index (χ4n) is 5.79. The van der Waals surface area contributed by atoms with E-state index in [1.807, 2.05) is 91.0 Å². The van der Waals surface area contributed by atoms with Gasteiger partial charge in [0, 0.05) is 27.3 Å². The molecule has 0 radical (unpaired) electrons. The van der Waals surface area contributed by atoms with Crippen LogP contribution in [0.3, 0.4) is 0 Å². The van der Waals surface area contributed by atoms with E-state index in [1.165, 1.54) is 4.90 Å². The van der Waals surface area contributed by atoms with Gasteiger partial charge in [0.05, 0.1) is 5.69 Å². The average molecular weight is 490 g/mol. The highest BCUT2D eigenvalue weighted by molar-refractivity contribution is 6.36. The van der Waals surface area contributed by atoms with Crippen LogP contribution in [-0.4, -0.2) is 11.8 Å². The summed E-state index contributed by atoms with van der Waals surface area (Å²) in [6.07, 6.45) is 0. The van der Waals surface area contributed by atoms with Gasteiger partial charge in [0.15, 0.2) is 0 Å². The lowest BCUT2D eigenvalue weighted by molar-refractivity contribution is 0.0893. The van der Waals surface area contributed by atoms with E-state index in [1.54, 1.807) is 6.07 Å². The van der Waals surface area contributed by atoms with Crippen LogP contribution in [0.25, 0.3) is 54.6 Å². The second kappa shape index (κ2) is 7.64. The van der Waals surface area contributed by atoms with Crippen molar-refractivity contribution in [2.45, 2.75) is 0 Å². The van der Waals surface area contributed by atoms with E-state index >= 15 is 0 Å². The van der Waals surface area contributed by atoms with Crippen LogP contribution in [0.2, 0.25) is 0 Å². The summed E-state index contributed by atoms with van der Waals surface area (Å²) in [6.45, 7) is 0. The highest BCUT2D eigenvalue weighted by Gasteiger charge is 2.34. The lowest BCUT2D eigenvalue weighted by Crippen LogP contribution is -2.40. The van der Waals surface area contributed by atoms with Crippen LogP contribution in [0, 0.1) is 0 Å². The molecule has 1 aliphatic rings. The van der Waals surface area contributed by atoms with E-state index in [0.717, 1.165) is 49.2 Å². The molecule has 0 N–H and O–H groups in total. The Balaban J connectivity index is 1.30. The maximum Gasteiger partial charge on any atom is 0.265 e. The summed E-state index contributed by atoms with van der Waals surface area (Å²) in [7, 11) is 0. The van der Waals surface area contributed by atoms with Crippen molar-refractivity contribution in [2.24, 2.45) is 0 Å². The highest BCUT2D eigenvalue weighted by Crippen LogP contribution is 2.40. The minimum absolute atomic E-state index is 0.312. The fourth-order valence-corrected chi connectivity index (χ4v) is 5.79. The van der Waals surface area contributed by atoms with Gasteiger partial charge in [-0.15, -0.1) is 0 Å². The molecule has 8 rings (SSSR count). The summed E-state index contributed by atoms with van der Waals surface area (Å²) in [4.78, 5) is 28.8. The molecule has 178 valence electrons. The summed E-state index contributed by atoms with van der Waals surface area (Å²) >= 11 is 0. The van der Waals surface area contributed by atoms with E-state index in [-0.39, 0.29) is 11.8 Å². The topological polar surface area (TPSA) is 50.5 Å². The zero-order chi connectivity index (χ0) is 25.4. The van der Waals surface area contributed by atoms with Crippen molar-refractivity contribution in [3.63, 3.8) is 0 Å². The van der Waals surface area contributed by atoms with Gasteiger partial charge < -0.3 is 4.42 Å². The average Bonchev–Trinajstić information content (AvgIpc) is 3.33. The first-order valence-corrected chi connectivity index (χ1v) is 12.5. The first-order chi connectivity index (χ1) is 18.7. The SMILES string of the molecule is O=C1c2cccc3c(-c4ccc5c(c4)oc4ccccc45)ccc(c23)C(=O)N1c1ccc2ccccc2c1. The fraction of sp³-hybridized carbons (Fsp3) is 0. The van der Waals surface area contributed by atoms with Gasteiger partial charge in [-0.25, -0.2) is 4.90 Å². The number of carbonyl (C=O) groups excluding carboxylic acids is 2. The zero-order valence-corrected chi connectivity index (χ0v) is 20.1. The maximum absolute atomic E-state index is 13.8. The number of anilines is 1. The third-order valence-corrected chi connectivity index (χ3v) is 7.59. The number of furan rings is 1. The number of hydrogen-bond donors (Lipinski definition) is 0. The molecule has 38 heavy (non-hydrogen) atoms. The number of rotatable bonds is 2. The van der Waals surface area contributed by atoms with Crippen LogP contribution >= 0.6 is 0 Å². The number of benzene rings is 6. The lowest BCUT2D eigenvalue weighted by Gasteiger charge is -2.28. The Labute approximate surface area is 217 Å². The number of nitrogens with zero attached hydrogens (tertiary/aromatic N) is 1. The number of carbonyl (C=O) groups is 2. The van der Waals surface area contributed by atoms with Gasteiger partial charge in [0.1, 0.15) is 11.2 Å².